The predicted molar refractivity (Wildman–Crippen MR) is 96.4 cm³/mol. The van der Waals surface area contributed by atoms with Gasteiger partial charge in [-0.05, 0) is 48.0 Å². The number of nitrogens with zero attached hydrogens (tertiary/aromatic N) is 1. The topological polar surface area (TPSA) is 49.9 Å². The Bertz CT molecular complexity index is 930. The first-order chi connectivity index (χ1) is 11.9. The van der Waals surface area contributed by atoms with Crippen molar-refractivity contribution in [2.45, 2.75) is 6.54 Å². The van der Waals surface area contributed by atoms with Crippen molar-refractivity contribution in [3.8, 4) is 11.5 Å². The molecule has 0 aliphatic rings. The monoisotopic (exact) mass is 315 g/mol. The number of aromatic nitrogens is 2. The number of H-pyrrole nitrogens is 1. The maximum Gasteiger partial charge on any atom is 0.127 e. The van der Waals surface area contributed by atoms with Gasteiger partial charge in [-0.3, -0.25) is 0 Å². The summed E-state index contributed by atoms with van der Waals surface area (Å²) < 4.78 is 5.80. The van der Waals surface area contributed by atoms with Gasteiger partial charge in [-0.15, -0.1) is 0 Å². The molecule has 0 bridgehead atoms. The minimum absolute atomic E-state index is 0.755. The number of para-hydroxylation sites is 1. The van der Waals surface area contributed by atoms with E-state index in [1.54, 1.807) is 6.33 Å². The van der Waals surface area contributed by atoms with Crippen molar-refractivity contribution in [2.75, 3.05) is 5.32 Å². The highest BCUT2D eigenvalue weighted by atomic mass is 16.5. The number of hydrogen-bond acceptors (Lipinski definition) is 3. The first kappa shape index (κ1) is 14.3. The molecule has 24 heavy (non-hydrogen) atoms. The Hall–Kier alpha value is -3.27. The highest BCUT2D eigenvalue weighted by Gasteiger charge is 2.00. The molecule has 0 aliphatic carbocycles. The number of rotatable bonds is 5. The zero-order chi connectivity index (χ0) is 16.2. The average Bonchev–Trinajstić information content (AvgIpc) is 3.10. The Morgan fingerprint density at radius 3 is 2.50 bits per heavy atom. The van der Waals surface area contributed by atoms with Crippen LogP contribution in [0.15, 0.2) is 79.1 Å². The van der Waals surface area contributed by atoms with E-state index in [2.05, 4.69) is 33.5 Å². The molecule has 0 fully saturated rings. The molecular formula is C20H17N3O. The third-order valence-electron chi connectivity index (χ3n) is 3.82. The molecule has 2 N–H and O–H groups in total. The van der Waals surface area contributed by atoms with Crippen molar-refractivity contribution in [1.29, 1.82) is 0 Å². The minimum atomic E-state index is 0.755. The number of aromatic amines is 1. The normalized spacial score (nSPS) is 10.7. The molecule has 4 heteroatoms. The quantitative estimate of drug-likeness (QED) is 0.547. The predicted octanol–water partition coefficient (Wildman–Crippen LogP) is 4.97. The van der Waals surface area contributed by atoms with Crippen LogP contribution in [0.1, 0.15) is 5.56 Å². The number of hydrogen-bond donors (Lipinski definition) is 2. The zero-order valence-corrected chi connectivity index (χ0v) is 13.1. The molecule has 1 heterocycles. The highest BCUT2D eigenvalue weighted by molar-refractivity contribution is 5.78. The van der Waals surface area contributed by atoms with E-state index in [0.29, 0.717) is 0 Å². The standard InChI is InChI=1S/C20H17N3O/c1-2-4-17(5-3-1)24-18-9-6-15(7-10-18)13-21-16-8-11-19-20(12-16)23-14-22-19/h1-12,14,21H,13H2,(H,22,23). The lowest BCUT2D eigenvalue weighted by atomic mass is 10.2. The molecule has 1 aromatic heterocycles. The Morgan fingerprint density at radius 2 is 1.67 bits per heavy atom. The number of ether oxygens (including phenoxy) is 1. The van der Waals surface area contributed by atoms with E-state index in [9.17, 15) is 0 Å². The van der Waals surface area contributed by atoms with Gasteiger partial charge in [0.1, 0.15) is 11.5 Å². The zero-order valence-electron chi connectivity index (χ0n) is 13.1. The number of anilines is 1. The van der Waals surface area contributed by atoms with Gasteiger partial charge in [-0.1, -0.05) is 30.3 Å². The van der Waals surface area contributed by atoms with Crippen LogP contribution in [0.3, 0.4) is 0 Å². The largest absolute Gasteiger partial charge is 0.457 e. The van der Waals surface area contributed by atoms with Gasteiger partial charge >= 0.3 is 0 Å². The lowest BCUT2D eigenvalue weighted by molar-refractivity contribution is 0.482. The Labute approximate surface area is 140 Å². The summed E-state index contributed by atoms with van der Waals surface area (Å²) in [5.41, 5.74) is 4.27. The van der Waals surface area contributed by atoms with Crippen LogP contribution in [0.4, 0.5) is 5.69 Å². The third kappa shape index (κ3) is 3.22. The summed E-state index contributed by atoms with van der Waals surface area (Å²) in [6, 6.07) is 24.0. The number of fused-ring (bicyclic) bond motifs is 1. The van der Waals surface area contributed by atoms with Gasteiger partial charge < -0.3 is 15.0 Å². The molecule has 0 unspecified atom stereocenters. The maximum atomic E-state index is 5.80. The van der Waals surface area contributed by atoms with Crippen LogP contribution >= 0.6 is 0 Å². The van der Waals surface area contributed by atoms with Crippen LogP contribution in [-0.4, -0.2) is 9.97 Å². The molecule has 0 saturated carbocycles. The van der Waals surface area contributed by atoms with Crippen LogP contribution < -0.4 is 10.1 Å². The van der Waals surface area contributed by atoms with Gasteiger partial charge in [0.05, 0.1) is 17.4 Å². The molecule has 0 spiro atoms. The van der Waals surface area contributed by atoms with E-state index in [0.717, 1.165) is 34.8 Å². The summed E-state index contributed by atoms with van der Waals surface area (Å²) >= 11 is 0. The van der Waals surface area contributed by atoms with Gasteiger partial charge in [0, 0.05) is 12.2 Å². The van der Waals surface area contributed by atoms with Crippen molar-refractivity contribution in [2.24, 2.45) is 0 Å². The van der Waals surface area contributed by atoms with Crippen LogP contribution in [0.25, 0.3) is 11.0 Å². The van der Waals surface area contributed by atoms with Gasteiger partial charge in [0.2, 0.25) is 0 Å². The summed E-state index contributed by atoms with van der Waals surface area (Å²) in [4.78, 5) is 7.35. The van der Waals surface area contributed by atoms with E-state index in [-0.39, 0.29) is 0 Å². The molecule has 0 aliphatic heterocycles. The fourth-order valence-corrected chi connectivity index (χ4v) is 2.55. The average molecular weight is 315 g/mol. The van der Waals surface area contributed by atoms with Crippen molar-refractivity contribution in [3.05, 3.63) is 84.7 Å². The van der Waals surface area contributed by atoms with Crippen molar-refractivity contribution in [1.82, 2.24) is 9.97 Å². The lowest BCUT2D eigenvalue weighted by Gasteiger charge is -2.09. The van der Waals surface area contributed by atoms with Crippen molar-refractivity contribution in [3.63, 3.8) is 0 Å². The van der Waals surface area contributed by atoms with Crippen LogP contribution in [0, 0.1) is 0 Å². The second-order valence-corrected chi connectivity index (χ2v) is 5.55. The summed E-state index contributed by atoms with van der Waals surface area (Å²) in [5.74, 6) is 1.68. The lowest BCUT2D eigenvalue weighted by Crippen LogP contribution is -1.99. The summed E-state index contributed by atoms with van der Waals surface area (Å²) in [6.07, 6.45) is 1.71. The highest BCUT2D eigenvalue weighted by Crippen LogP contribution is 2.22. The smallest absolute Gasteiger partial charge is 0.127 e. The maximum absolute atomic E-state index is 5.80. The first-order valence-corrected chi connectivity index (χ1v) is 7.86. The molecule has 118 valence electrons. The molecule has 0 radical (unpaired) electrons. The second-order valence-electron chi connectivity index (χ2n) is 5.55. The number of nitrogens with one attached hydrogen (secondary N) is 2. The summed E-state index contributed by atoms with van der Waals surface area (Å²) in [7, 11) is 0. The Morgan fingerprint density at radius 1 is 0.875 bits per heavy atom. The van der Waals surface area contributed by atoms with Crippen molar-refractivity contribution < 1.29 is 4.74 Å². The van der Waals surface area contributed by atoms with Gasteiger partial charge in [-0.2, -0.15) is 0 Å². The number of imidazole rings is 1. The third-order valence-corrected chi connectivity index (χ3v) is 3.82. The summed E-state index contributed by atoms with van der Waals surface area (Å²) in [5, 5.41) is 3.42. The molecule has 0 amide bonds. The van der Waals surface area contributed by atoms with E-state index in [1.807, 2.05) is 54.6 Å². The van der Waals surface area contributed by atoms with E-state index in [1.165, 1.54) is 5.56 Å². The molecule has 3 aromatic carbocycles. The second kappa shape index (κ2) is 6.46. The molecule has 0 atom stereocenters. The van der Waals surface area contributed by atoms with Crippen LogP contribution in [0.5, 0.6) is 11.5 Å². The van der Waals surface area contributed by atoms with Gasteiger partial charge in [-0.25, -0.2) is 4.98 Å². The molecular weight excluding hydrogens is 298 g/mol. The SMILES string of the molecule is c1ccc(Oc2ccc(CNc3ccc4nc[nH]c4c3)cc2)cc1. The Balaban J connectivity index is 1.39. The Kier molecular flexibility index (Phi) is 3.86. The molecule has 0 saturated heterocycles. The summed E-state index contributed by atoms with van der Waals surface area (Å²) in [6.45, 7) is 0.755. The number of benzene rings is 3. The van der Waals surface area contributed by atoms with Gasteiger partial charge in [0.25, 0.3) is 0 Å². The fraction of sp³-hybridized carbons (Fsp3) is 0.0500. The molecule has 4 nitrogen and oxygen atoms in total. The van der Waals surface area contributed by atoms with E-state index in [4.69, 9.17) is 4.74 Å². The van der Waals surface area contributed by atoms with Crippen LogP contribution in [-0.2, 0) is 6.54 Å². The van der Waals surface area contributed by atoms with Crippen molar-refractivity contribution >= 4 is 16.7 Å². The first-order valence-electron chi connectivity index (χ1n) is 7.86. The van der Waals surface area contributed by atoms with Gasteiger partial charge in [0.15, 0.2) is 0 Å². The minimum Gasteiger partial charge on any atom is -0.457 e. The fourth-order valence-electron chi connectivity index (χ4n) is 2.55. The molecule has 4 aromatic rings. The van der Waals surface area contributed by atoms with Crippen LogP contribution in [0.2, 0.25) is 0 Å². The molecule has 4 rings (SSSR count). The van der Waals surface area contributed by atoms with E-state index >= 15 is 0 Å². The van der Waals surface area contributed by atoms with E-state index < -0.39 is 0 Å².